The van der Waals surface area contributed by atoms with Crippen LogP contribution in [0.4, 0.5) is 0 Å². The molecule has 1 fully saturated rings. The zero-order chi connectivity index (χ0) is 19.8. The van der Waals surface area contributed by atoms with Crippen LogP contribution in [0.25, 0.3) is 0 Å². The summed E-state index contributed by atoms with van der Waals surface area (Å²) in [7, 11) is 0. The molecule has 6 nitrogen and oxygen atoms in total. The van der Waals surface area contributed by atoms with E-state index in [-0.39, 0.29) is 31.4 Å². The Bertz CT molecular complexity index is 992. The van der Waals surface area contributed by atoms with Crippen LogP contribution in [0.5, 0.6) is 5.75 Å². The molecule has 144 valence electrons. The second kappa shape index (κ2) is 7.45. The lowest BCUT2D eigenvalue weighted by molar-refractivity contribution is -0.136. The SMILES string of the molecule is O=C1CCC(N2Cc3c(OCc4cc(Cl)ccc4Cl)cccc3C2=O)C(=O)N1. The lowest BCUT2D eigenvalue weighted by Crippen LogP contribution is -2.52. The van der Waals surface area contributed by atoms with E-state index in [4.69, 9.17) is 27.9 Å². The lowest BCUT2D eigenvalue weighted by atomic mass is 10.0. The summed E-state index contributed by atoms with van der Waals surface area (Å²) in [6, 6.07) is 9.69. The molecule has 2 aliphatic rings. The fourth-order valence-electron chi connectivity index (χ4n) is 3.50. The smallest absolute Gasteiger partial charge is 0.255 e. The molecule has 0 radical (unpaired) electrons. The van der Waals surface area contributed by atoms with E-state index in [1.165, 1.54) is 4.90 Å². The summed E-state index contributed by atoms with van der Waals surface area (Å²) < 4.78 is 5.92. The molecule has 1 N–H and O–H groups in total. The van der Waals surface area contributed by atoms with Gasteiger partial charge in [0.05, 0.1) is 6.54 Å². The number of benzene rings is 2. The van der Waals surface area contributed by atoms with E-state index >= 15 is 0 Å². The zero-order valence-electron chi connectivity index (χ0n) is 14.7. The van der Waals surface area contributed by atoms with Crippen molar-refractivity contribution in [2.24, 2.45) is 0 Å². The van der Waals surface area contributed by atoms with Gasteiger partial charge in [0.25, 0.3) is 5.91 Å². The van der Waals surface area contributed by atoms with Crippen LogP contribution in [-0.2, 0) is 22.7 Å². The quantitative estimate of drug-likeness (QED) is 0.772. The van der Waals surface area contributed by atoms with Crippen molar-refractivity contribution in [2.75, 3.05) is 0 Å². The van der Waals surface area contributed by atoms with E-state index in [0.717, 1.165) is 11.1 Å². The van der Waals surface area contributed by atoms with Gasteiger partial charge in [-0.1, -0.05) is 29.3 Å². The van der Waals surface area contributed by atoms with Crippen molar-refractivity contribution in [1.82, 2.24) is 10.2 Å². The van der Waals surface area contributed by atoms with Gasteiger partial charge in [-0.05, 0) is 36.8 Å². The number of ether oxygens (including phenoxy) is 1. The van der Waals surface area contributed by atoms with Gasteiger partial charge in [-0.3, -0.25) is 19.7 Å². The van der Waals surface area contributed by atoms with Crippen molar-refractivity contribution in [3.63, 3.8) is 0 Å². The minimum absolute atomic E-state index is 0.197. The van der Waals surface area contributed by atoms with Crippen LogP contribution in [-0.4, -0.2) is 28.7 Å². The number of rotatable bonds is 4. The van der Waals surface area contributed by atoms with Crippen molar-refractivity contribution in [1.29, 1.82) is 0 Å². The van der Waals surface area contributed by atoms with E-state index in [9.17, 15) is 14.4 Å². The summed E-state index contributed by atoms with van der Waals surface area (Å²) in [4.78, 5) is 37.9. The van der Waals surface area contributed by atoms with E-state index in [2.05, 4.69) is 5.32 Å². The topological polar surface area (TPSA) is 75.7 Å². The Labute approximate surface area is 171 Å². The number of imide groups is 1. The third kappa shape index (κ3) is 3.45. The van der Waals surface area contributed by atoms with Crippen LogP contribution in [0.15, 0.2) is 36.4 Å². The number of halogens is 2. The second-order valence-corrected chi connectivity index (χ2v) is 7.55. The number of carbonyl (C=O) groups excluding carboxylic acids is 3. The molecule has 1 saturated heterocycles. The second-order valence-electron chi connectivity index (χ2n) is 6.71. The minimum atomic E-state index is -0.659. The van der Waals surface area contributed by atoms with Gasteiger partial charge < -0.3 is 9.64 Å². The van der Waals surface area contributed by atoms with E-state index in [0.29, 0.717) is 27.8 Å². The summed E-state index contributed by atoms with van der Waals surface area (Å²) in [6.07, 6.45) is 0.534. The third-order valence-electron chi connectivity index (χ3n) is 4.93. The average molecular weight is 419 g/mol. The van der Waals surface area contributed by atoms with Crippen LogP contribution >= 0.6 is 23.2 Å². The highest BCUT2D eigenvalue weighted by Gasteiger charge is 2.40. The molecule has 0 spiro atoms. The molecule has 4 rings (SSSR count). The van der Waals surface area contributed by atoms with Gasteiger partial charge in [0.2, 0.25) is 11.8 Å². The van der Waals surface area contributed by atoms with Gasteiger partial charge in [-0.2, -0.15) is 0 Å². The summed E-state index contributed by atoms with van der Waals surface area (Å²) in [5.41, 5.74) is 1.95. The fraction of sp³-hybridized carbons (Fsp3) is 0.250. The molecule has 8 heteroatoms. The monoisotopic (exact) mass is 418 g/mol. The number of nitrogens with zero attached hydrogens (tertiary/aromatic N) is 1. The predicted octanol–water partition coefficient (Wildman–Crippen LogP) is 3.33. The molecule has 1 unspecified atom stereocenters. The van der Waals surface area contributed by atoms with Gasteiger partial charge in [0.15, 0.2) is 0 Å². The van der Waals surface area contributed by atoms with Crippen molar-refractivity contribution in [3.8, 4) is 5.75 Å². The first-order valence-electron chi connectivity index (χ1n) is 8.77. The predicted molar refractivity (Wildman–Crippen MR) is 103 cm³/mol. The first kappa shape index (κ1) is 18.8. The summed E-state index contributed by atoms with van der Waals surface area (Å²) in [5, 5.41) is 3.39. The standard InChI is InChI=1S/C20H16Cl2N2O4/c21-12-4-5-15(22)11(8-12)10-28-17-3-1-2-13-14(17)9-24(20(13)27)16-6-7-18(25)23-19(16)26/h1-5,8,16H,6-7,9-10H2,(H,23,25,26). The van der Waals surface area contributed by atoms with E-state index < -0.39 is 11.9 Å². The number of piperidine rings is 1. The lowest BCUT2D eigenvalue weighted by Gasteiger charge is -2.29. The molecule has 1 atom stereocenters. The molecule has 0 aliphatic carbocycles. The molecular weight excluding hydrogens is 403 g/mol. The number of hydrogen-bond acceptors (Lipinski definition) is 4. The maximum Gasteiger partial charge on any atom is 0.255 e. The fourth-order valence-corrected chi connectivity index (χ4v) is 3.87. The Balaban J connectivity index is 1.55. The third-order valence-corrected chi connectivity index (χ3v) is 5.53. The minimum Gasteiger partial charge on any atom is -0.488 e. The van der Waals surface area contributed by atoms with Crippen molar-refractivity contribution < 1.29 is 19.1 Å². The average Bonchev–Trinajstić information content (AvgIpc) is 3.00. The Kier molecular flexibility index (Phi) is 5.00. The van der Waals surface area contributed by atoms with Crippen LogP contribution in [0, 0.1) is 0 Å². The van der Waals surface area contributed by atoms with Gasteiger partial charge >= 0.3 is 0 Å². The van der Waals surface area contributed by atoms with Gasteiger partial charge in [0, 0.05) is 33.2 Å². The van der Waals surface area contributed by atoms with E-state index in [1.807, 2.05) is 0 Å². The zero-order valence-corrected chi connectivity index (χ0v) is 16.2. The highest BCUT2D eigenvalue weighted by atomic mass is 35.5. The van der Waals surface area contributed by atoms with Crippen LogP contribution in [0.1, 0.15) is 34.3 Å². The molecule has 0 saturated carbocycles. The number of amides is 3. The molecular formula is C20H16Cl2N2O4. The Hall–Kier alpha value is -2.57. The Morgan fingerprint density at radius 2 is 1.96 bits per heavy atom. The molecule has 2 heterocycles. The molecule has 3 amide bonds. The summed E-state index contributed by atoms with van der Waals surface area (Å²) in [5.74, 6) is -0.439. The Morgan fingerprint density at radius 1 is 1.14 bits per heavy atom. The van der Waals surface area contributed by atoms with Crippen molar-refractivity contribution >= 4 is 40.9 Å². The van der Waals surface area contributed by atoms with Crippen LogP contribution in [0.2, 0.25) is 10.0 Å². The number of hydrogen-bond donors (Lipinski definition) is 1. The highest BCUT2D eigenvalue weighted by molar-refractivity contribution is 6.33. The Morgan fingerprint density at radius 3 is 2.75 bits per heavy atom. The number of fused-ring (bicyclic) bond motifs is 1. The maximum absolute atomic E-state index is 12.8. The van der Waals surface area contributed by atoms with Gasteiger partial charge in [-0.25, -0.2) is 0 Å². The molecule has 0 aromatic heterocycles. The van der Waals surface area contributed by atoms with Gasteiger partial charge in [-0.15, -0.1) is 0 Å². The van der Waals surface area contributed by atoms with Crippen molar-refractivity contribution in [2.45, 2.75) is 32.0 Å². The highest BCUT2D eigenvalue weighted by Crippen LogP contribution is 2.34. The van der Waals surface area contributed by atoms with Crippen LogP contribution < -0.4 is 10.1 Å². The van der Waals surface area contributed by atoms with E-state index in [1.54, 1.807) is 36.4 Å². The number of carbonyl (C=O) groups is 3. The molecule has 2 aromatic rings. The summed E-state index contributed by atoms with van der Waals surface area (Å²) >= 11 is 12.2. The molecule has 28 heavy (non-hydrogen) atoms. The molecule has 2 aromatic carbocycles. The molecule has 2 aliphatic heterocycles. The number of nitrogens with one attached hydrogen (secondary N) is 1. The maximum atomic E-state index is 12.8. The first-order valence-corrected chi connectivity index (χ1v) is 9.53. The van der Waals surface area contributed by atoms with Crippen molar-refractivity contribution in [3.05, 3.63) is 63.1 Å². The van der Waals surface area contributed by atoms with Gasteiger partial charge in [0.1, 0.15) is 18.4 Å². The first-order chi connectivity index (χ1) is 13.4. The largest absolute Gasteiger partial charge is 0.488 e. The van der Waals surface area contributed by atoms with Crippen LogP contribution in [0.3, 0.4) is 0 Å². The summed E-state index contributed by atoms with van der Waals surface area (Å²) in [6.45, 7) is 0.447. The molecule has 0 bridgehead atoms. The normalized spacial score (nSPS) is 18.9.